The van der Waals surface area contributed by atoms with Gasteiger partial charge in [-0.2, -0.15) is 0 Å². The fourth-order valence-corrected chi connectivity index (χ4v) is 2.89. The number of hydrogen-bond acceptors (Lipinski definition) is 3. The monoisotopic (exact) mass is 233 g/mol. The number of pyridine rings is 1. The van der Waals surface area contributed by atoms with E-state index in [1.54, 1.807) is 23.7 Å². The first-order valence-electron chi connectivity index (χ1n) is 5.25. The van der Waals surface area contributed by atoms with Crippen LogP contribution in [0, 0.1) is 6.92 Å². The van der Waals surface area contributed by atoms with E-state index in [0.717, 1.165) is 16.0 Å². The van der Waals surface area contributed by atoms with Crippen molar-refractivity contribution in [2.45, 2.75) is 25.9 Å². The van der Waals surface area contributed by atoms with Crippen molar-refractivity contribution in [3.63, 3.8) is 0 Å². The van der Waals surface area contributed by atoms with Crippen LogP contribution in [0.2, 0.25) is 0 Å². The minimum Gasteiger partial charge on any atom is -0.384 e. The highest BCUT2D eigenvalue weighted by molar-refractivity contribution is 7.10. The van der Waals surface area contributed by atoms with Gasteiger partial charge in [0.05, 0.1) is 0 Å². The zero-order valence-electron chi connectivity index (χ0n) is 9.47. The molecule has 0 aliphatic rings. The number of aromatic nitrogens is 1. The Balaban J connectivity index is 2.24. The summed E-state index contributed by atoms with van der Waals surface area (Å²) in [6, 6.07) is 5.93. The predicted octanol–water partition coefficient (Wildman–Crippen LogP) is 2.90. The predicted molar refractivity (Wildman–Crippen MR) is 66.6 cm³/mol. The summed E-state index contributed by atoms with van der Waals surface area (Å²) >= 11 is 1.61. The van der Waals surface area contributed by atoms with Crippen molar-refractivity contribution in [1.29, 1.82) is 0 Å². The van der Waals surface area contributed by atoms with Crippen LogP contribution in [-0.4, -0.2) is 10.1 Å². The Kier molecular flexibility index (Phi) is 3.08. The Labute approximate surface area is 99.6 Å². The topological polar surface area (TPSA) is 33.1 Å². The quantitative estimate of drug-likeness (QED) is 0.884. The zero-order chi connectivity index (χ0) is 11.6. The third-order valence-electron chi connectivity index (χ3n) is 2.62. The average molecular weight is 233 g/mol. The maximum atomic E-state index is 10.5. The van der Waals surface area contributed by atoms with E-state index in [2.05, 4.69) is 4.98 Å². The molecule has 1 unspecified atom stereocenters. The van der Waals surface area contributed by atoms with E-state index < -0.39 is 5.60 Å². The summed E-state index contributed by atoms with van der Waals surface area (Å²) in [7, 11) is 0. The smallest absolute Gasteiger partial charge is 0.100 e. The minimum absolute atomic E-state index is 0.599. The van der Waals surface area contributed by atoms with Crippen LogP contribution >= 0.6 is 11.3 Å². The Morgan fingerprint density at radius 1 is 1.44 bits per heavy atom. The fourth-order valence-electron chi connectivity index (χ4n) is 1.90. The Hall–Kier alpha value is -1.19. The van der Waals surface area contributed by atoms with Crippen LogP contribution in [0.3, 0.4) is 0 Å². The second-order valence-electron chi connectivity index (χ2n) is 4.24. The first-order valence-corrected chi connectivity index (χ1v) is 6.13. The van der Waals surface area contributed by atoms with E-state index in [-0.39, 0.29) is 0 Å². The van der Waals surface area contributed by atoms with Crippen molar-refractivity contribution in [2.24, 2.45) is 0 Å². The summed E-state index contributed by atoms with van der Waals surface area (Å²) in [4.78, 5) is 5.10. The van der Waals surface area contributed by atoms with Gasteiger partial charge in [0.1, 0.15) is 5.60 Å². The van der Waals surface area contributed by atoms with Crippen molar-refractivity contribution < 1.29 is 5.11 Å². The lowest BCUT2D eigenvalue weighted by molar-refractivity contribution is 0.0608. The van der Waals surface area contributed by atoms with E-state index in [4.69, 9.17) is 0 Å². The van der Waals surface area contributed by atoms with Gasteiger partial charge in [-0.3, -0.25) is 4.98 Å². The van der Waals surface area contributed by atoms with Crippen LogP contribution in [0.5, 0.6) is 0 Å². The SMILES string of the molecule is Cc1ccsc1C(C)(O)Cc1cccnc1. The summed E-state index contributed by atoms with van der Waals surface area (Å²) in [6.45, 7) is 3.89. The molecule has 0 amide bonds. The van der Waals surface area contributed by atoms with Gasteiger partial charge in [0.2, 0.25) is 0 Å². The van der Waals surface area contributed by atoms with Crippen LogP contribution in [0.25, 0.3) is 0 Å². The molecule has 2 nitrogen and oxygen atoms in total. The molecule has 0 saturated heterocycles. The second kappa shape index (κ2) is 4.36. The van der Waals surface area contributed by atoms with Crippen LogP contribution < -0.4 is 0 Å². The summed E-state index contributed by atoms with van der Waals surface area (Å²) < 4.78 is 0. The molecule has 0 fully saturated rings. The molecule has 0 aliphatic heterocycles. The number of nitrogens with zero attached hydrogens (tertiary/aromatic N) is 1. The molecule has 16 heavy (non-hydrogen) atoms. The first kappa shape index (κ1) is 11.3. The number of aryl methyl sites for hydroxylation is 1. The van der Waals surface area contributed by atoms with Crippen molar-refractivity contribution in [2.75, 3.05) is 0 Å². The van der Waals surface area contributed by atoms with Gasteiger partial charge in [-0.1, -0.05) is 6.07 Å². The fraction of sp³-hybridized carbons (Fsp3) is 0.308. The highest BCUT2D eigenvalue weighted by Gasteiger charge is 2.26. The maximum absolute atomic E-state index is 10.5. The van der Waals surface area contributed by atoms with Gasteiger partial charge in [0.25, 0.3) is 0 Å². The second-order valence-corrected chi connectivity index (χ2v) is 5.16. The molecule has 1 N–H and O–H groups in total. The maximum Gasteiger partial charge on any atom is 0.100 e. The minimum atomic E-state index is -0.804. The Morgan fingerprint density at radius 2 is 2.25 bits per heavy atom. The lowest BCUT2D eigenvalue weighted by Gasteiger charge is -2.23. The van der Waals surface area contributed by atoms with Gasteiger partial charge in [0.15, 0.2) is 0 Å². The molecule has 84 valence electrons. The van der Waals surface area contributed by atoms with Crippen molar-refractivity contribution in [3.05, 3.63) is 52.0 Å². The number of thiophene rings is 1. The first-order chi connectivity index (χ1) is 7.59. The molecule has 0 spiro atoms. The van der Waals surface area contributed by atoms with E-state index in [0.29, 0.717) is 6.42 Å². The summed E-state index contributed by atoms with van der Waals surface area (Å²) in [5.41, 5.74) is 1.40. The number of hydrogen-bond donors (Lipinski definition) is 1. The zero-order valence-corrected chi connectivity index (χ0v) is 10.3. The molecule has 0 aliphatic carbocycles. The lowest BCUT2D eigenvalue weighted by atomic mass is 9.94. The molecule has 0 bridgehead atoms. The Bertz CT molecular complexity index is 462. The van der Waals surface area contributed by atoms with Crippen LogP contribution in [0.4, 0.5) is 0 Å². The summed E-state index contributed by atoms with van der Waals surface area (Å²) in [5.74, 6) is 0. The molecular weight excluding hydrogens is 218 g/mol. The highest BCUT2D eigenvalue weighted by atomic mass is 32.1. The highest BCUT2D eigenvalue weighted by Crippen LogP contribution is 2.31. The van der Waals surface area contributed by atoms with Gasteiger partial charge >= 0.3 is 0 Å². The van der Waals surface area contributed by atoms with E-state index in [1.165, 1.54) is 0 Å². The van der Waals surface area contributed by atoms with Crippen LogP contribution in [0.15, 0.2) is 36.0 Å². The van der Waals surface area contributed by atoms with Crippen molar-refractivity contribution in [1.82, 2.24) is 4.98 Å². The van der Waals surface area contributed by atoms with Gasteiger partial charge in [0, 0.05) is 23.7 Å². The third-order valence-corrected chi connectivity index (χ3v) is 3.89. The molecule has 0 saturated carbocycles. The molecule has 1 atom stereocenters. The lowest BCUT2D eigenvalue weighted by Crippen LogP contribution is -2.23. The van der Waals surface area contributed by atoms with Crippen molar-refractivity contribution in [3.8, 4) is 0 Å². The number of rotatable bonds is 3. The molecule has 2 rings (SSSR count). The molecule has 3 heteroatoms. The standard InChI is InChI=1S/C13H15NOS/c1-10-5-7-16-12(10)13(2,15)8-11-4-3-6-14-9-11/h3-7,9,15H,8H2,1-2H3. The van der Waals surface area contributed by atoms with Gasteiger partial charge in [-0.25, -0.2) is 0 Å². The average Bonchev–Trinajstić information content (AvgIpc) is 2.66. The van der Waals surface area contributed by atoms with E-state index in [1.807, 2.05) is 37.4 Å². The molecule has 0 radical (unpaired) electrons. The number of aliphatic hydroxyl groups is 1. The molecule has 0 aromatic carbocycles. The van der Waals surface area contributed by atoms with Gasteiger partial charge in [-0.15, -0.1) is 11.3 Å². The normalized spacial score (nSPS) is 14.7. The van der Waals surface area contributed by atoms with E-state index >= 15 is 0 Å². The summed E-state index contributed by atoms with van der Waals surface area (Å²) in [6.07, 6.45) is 4.15. The van der Waals surface area contributed by atoms with Crippen molar-refractivity contribution >= 4 is 11.3 Å². The molecule has 2 aromatic rings. The third kappa shape index (κ3) is 2.31. The molecule has 2 aromatic heterocycles. The largest absolute Gasteiger partial charge is 0.384 e. The van der Waals surface area contributed by atoms with E-state index in [9.17, 15) is 5.11 Å². The summed E-state index contributed by atoms with van der Waals surface area (Å²) in [5, 5.41) is 12.5. The van der Waals surface area contributed by atoms with Gasteiger partial charge < -0.3 is 5.11 Å². The van der Waals surface area contributed by atoms with Crippen LogP contribution in [-0.2, 0) is 12.0 Å². The van der Waals surface area contributed by atoms with Crippen LogP contribution in [0.1, 0.15) is 22.9 Å². The molecular formula is C13H15NOS. The van der Waals surface area contributed by atoms with Gasteiger partial charge in [-0.05, 0) is 42.5 Å². The Morgan fingerprint density at radius 3 is 2.81 bits per heavy atom. The molecule has 2 heterocycles.